The molecule has 3 rings (SSSR count). The van der Waals surface area contributed by atoms with E-state index in [2.05, 4.69) is 36.1 Å². The lowest BCUT2D eigenvalue weighted by atomic mass is 9.90. The van der Waals surface area contributed by atoms with E-state index in [0.717, 1.165) is 5.56 Å². The topological polar surface area (TPSA) is 117 Å². The van der Waals surface area contributed by atoms with Gasteiger partial charge in [-0.1, -0.05) is 29.8 Å². The summed E-state index contributed by atoms with van der Waals surface area (Å²) in [5.41, 5.74) is 7.11. The first-order chi connectivity index (χ1) is 15.3. The minimum atomic E-state index is -0.544. The van der Waals surface area contributed by atoms with Crippen LogP contribution in [0.5, 0.6) is 0 Å². The van der Waals surface area contributed by atoms with Crippen molar-refractivity contribution in [3.8, 4) is 0 Å². The molecule has 1 aromatic heterocycles. The number of ether oxygens (including phenoxy) is 1. The van der Waals surface area contributed by atoms with Gasteiger partial charge < -0.3 is 20.7 Å². The van der Waals surface area contributed by atoms with Crippen molar-refractivity contribution in [3.05, 3.63) is 44.6 Å². The van der Waals surface area contributed by atoms with Gasteiger partial charge in [0, 0.05) is 24.2 Å². The second-order valence-corrected chi connectivity index (χ2v) is 10.7. The molecule has 0 unspecified atom stereocenters. The Kier molecular flexibility index (Phi) is 7.24. The fourth-order valence-corrected chi connectivity index (χ4v) is 4.40. The normalized spacial score (nSPS) is 15.8. The van der Waals surface area contributed by atoms with Crippen molar-refractivity contribution in [2.45, 2.75) is 58.6 Å². The van der Waals surface area contributed by atoms with Crippen LogP contribution in [0.4, 0.5) is 16.4 Å². The van der Waals surface area contributed by atoms with E-state index in [1.54, 1.807) is 6.07 Å². The van der Waals surface area contributed by atoms with Crippen LogP contribution < -0.4 is 16.0 Å². The number of amides is 1. The van der Waals surface area contributed by atoms with Gasteiger partial charge >= 0.3 is 6.09 Å². The summed E-state index contributed by atoms with van der Waals surface area (Å²) in [5, 5.41) is 12.1. The van der Waals surface area contributed by atoms with Crippen LogP contribution in [-0.2, 0) is 4.74 Å². The van der Waals surface area contributed by atoms with Crippen molar-refractivity contribution >= 4 is 51.0 Å². The van der Waals surface area contributed by atoms with E-state index in [1.165, 1.54) is 0 Å². The molecule has 0 bridgehead atoms. The average molecular weight is 538 g/mol. The summed E-state index contributed by atoms with van der Waals surface area (Å²) >= 11 is 9.89. The molecule has 2 heterocycles. The van der Waals surface area contributed by atoms with Gasteiger partial charge in [-0.05, 0) is 69.0 Å². The number of rotatable bonds is 4. The summed E-state index contributed by atoms with van der Waals surface area (Å²) < 4.78 is 5.90. The standard InChI is InChI=1S/C23H30BrClN6O2/c1-13-7-6-8-14(15(13)25)16(26)17-19(27)29-20(18(24)28-17)31-11-9-23(5,10-12-31)30-21(32)33-22(2,3)4/h6-8,26H,9-12H2,1-5H3,(H2,27,29)(H,30,32). The van der Waals surface area contributed by atoms with E-state index in [9.17, 15) is 4.79 Å². The first-order valence-corrected chi connectivity index (χ1v) is 11.9. The predicted octanol–water partition coefficient (Wildman–Crippen LogP) is 5.08. The number of carbonyl (C=O) groups excluding carboxylic acids is 1. The van der Waals surface area contributed by atoms with E-state index in [0.29, 0.717) is 46.9 Å². The van der Waals surface area contributed by atoms with Gasteiger partial charge in [0.05, 0.1) is 10.7 Å². The molecular formula is C23H30BrClN6O2. The third kappa shape index (κ3) is 5.95. The molecule has 1 saturated heterocycles. The number of anilines is 2. The molecule has 1 aliphatic heterocycles. The fourth-order valence-electron chi connectivity index (χ4n) is 3.66. The molecule has 2 aromatic rings. The van der Waals surface area contributed by atoms with Gasteiger partial charge in [0.1, 0.15) is 15.9 Å². The largest absolute Gasteiger partial charge is 0.444 e. The van der Waals surface area contributed by atoms with Crippen LogP contribution in [0.25, 0.3) is 0 Å². The number of carbonyl (C=O) groups is 1. The summed E-state index contributed by atoms with van der Waals surface area (Å²) in [6.07, 6.45) is 0.995. The molecule has 1 aliphatic rings. The third-order valence-electron chi connectivity index (χ3n) is 5.53. The Morgan fingerprint density at radius 2 is 1.94 bits per heavy atom. The first kappa shape index (κ1) is 25.2. The van der Waals surface area contributed by atoms with Crippen LogP contribution in [0, 0.1) is 12.3 Å². The number of nitrogens with two attached hydrogens (primary N) is 1. The Bertz CT molecular complexity index is 1080. The van der Waals surface area contributed by atoms with Crippen LogP contribution >= 0.6 is 27.5 Å². The van der Waals surface area contributed by atoms with Crippen molar-refractivity contribution < 1.29 is 9.53 Å². The minimum Gasteiger partial charge on any atom is -0.444 e. The van der Waals surface area contributed by atoms with Crippen LogP contribution in [-0.4, -0.2) is 46.0 Å². The fraction of sp³-hybridized carbons (Fsp3) is 0.478. The maximum absolute atomic E-state index is 12.2. The van der Waals surface area contributed by atoms with E-state index < -0.39 is 11.7 Å². The minimum absolute atomic E-state index is 0.119. The van der Waals surface area contributed by atoms with Gasteiger partial charge in [-0.3, -0.25) is 5.41 Å². The van der Waals surface area contributed by atoms with E-state index in [4.69, 9.17) is 27.5 Å². The van der Waals surface area contributed by atoms with Gasteiger partial charge in [-0.15, -0.1) is 0 Å². The Morgan fingerprint density at radius 1 is 1.30 bits per heavy atom. The summed E-state index contributed by atoms with van der Waals surface area (Å²) in [4.78, 5) is 23.4. The number of aromatic nitrogens is 2. The zero-order chi connectivity index (χ0) is 24.6. The van der Waals surface area contributed by atoms with Crippen molar-refractivity contribution in [3.63, 3.8) is 0 Å². The highest BCUT2D eigenvalue weighted by Gasteiger charge is 2.34. The highest BCUT2D eigenvalue weighted by molar-refractivity contribution is 9.10. The van der Waals surface area contributed by atoms with E-state index in [-0.39, 0.29) is 22.8 Å². The molecule has 1 amide bonds. The third-order valence-corrected chi connectivity index (χ3v) is 6.56. The SMILES string of the molecule is Cc1cccc(C(=N)c2nc(Br)c(N3CCC(C)(NC(=O)OC(C)(C)C)CC3)nc2N)c1Cl. The lowest BCUT2D eigenvalue weighted by Gasteiger charge is -2.40. The summed E-state index contributed by atoms with van der Waals surface area (Å²) in [6.45, 7) is 10.7. The number of alkyl carbamates (subject to hydrolysis) is 1. The van der Waals surface area contributed by atoms with Crippen molar-refractivity contribution in [1.29, 1.82) is 5.41 Å². The van der Waals surface area contributed by atoms with E-state index in [1.807, 2.05) is 46.8 Å². The number of hydrogen-bond donors (Lipinski definition) is 3. The Hall–Kier alpha value is -2.39. The number of nitrogens with one attached hydrogen (secondary N) is 2. The second kappa shape index (κ2) is 9.46. The number of benzene rings is 1. The van der Waals surface area contributed by atoms with Gasteiger partial charge in [0.15, 0.2) is 11.6 Å². The molecule has 1 aromatic carbocycles. The van der Waals surface area contributed by atoms with Crippen LogP contribution in [0.15, 0.2) is 22.8 Å². The molecule has 0 aliphatic carbocycles. The second-order valence-electron chi connectivity index (χ2n) is 9.56. The number of hydrogen-bond acceptors (Lipinski definition) is 7. The Balaban J connectivity index is 1.74. The zero-order valence-corrected chi connectivity index (χ0v) is 21.9. The smallest absolute Gasteiger partial charge is 0.408 e. The van der Waals surface area contributed by atoms with Gasteiger partial charge in [-0.25, -0.2) is 14.8 Å². The Morgan fingerprint density at radius 3 is 2.55 bits per heavy atom. The number of nitrogens with zero attached hydrogens (tertiary/aromatic N) is 3. The lowest BCUT2D eigenvalue weighted by molar-refractivity contribution is 0.0448. The van der Waals surface area contributed by atoms with Gasteiger partial charge in [-0.2, -0.15) is 0 Å². The molecule has 0 atom stereocenters. The molecule has 0 spiro atoms. The van der Waals surface area contributed by atoms with Crippen molar-refractivity contribution in [1.82, 2.24) is 15.3 Å². The zero-order valence-electron chi connectivity index (χ0n) is 19.6. The molecule has 10 heteroatoms. The summed E-state index contributed by atoms with van der Waals surface area (Å²) in [6, 6.07) is 5.49. The molecule has 1 fully saturated rings. The maximum Gasteiger partial charge on any atom is 0.408 e. The van der Waals surface area contributed by atoms with Gasteiger partial charge in [0.25, 0.3) is 0 Å². The molecular weight excluding hydrogens is 508 g/mol. The van der Waals surface area contributed by atoms with Crippen LogP contribution in [0.3, 0.4) is 0 Å². The molecule has 4 N–H and O–H groups in total. The summed E-state index contributed by atoms with van der Waals surface area (Å²) in [5.74, 6) is 0.773. The van der Waals surface area contributed by atoms with E-state index >= 15 is 0 Å². The number of aryl methyl sites for hydroxylation is 1. The van der Waals surface area contributed by atoms with Crippen LogP contribution in [0.2, 0.25) is 5.02 Å². The summed E-state index contributed by atoms with van der Waals surface area (Å²) in [7, 11) is 0. The highest BCUT2D eigenvalue weighted by Crippen LogP contribution is 2.32. The number of nitrogen functional groups attached to an aromatic ring is 1. The maximum atomic E-state index is 12.2. The molecule has 0 radical (unpaired) electrons. The molecule has 0 saturated carbocycles. The average Bonchev–Trinajstić information content (AvgIpc) is 2.70. The Labute approximate surface area is 207 Å². The molecule has 178 valence electrons. The van der Waals surface area contributed by atoms with Gasteiger partial charge in [0.2, 0.25) is 0 Å². The van der Waals surface area contributed by atoms with Crippen molar-refractivity contribution in [2.24, 2.45) is 0 Å². The highest BCUT2D eigenvalue weighted by atomic mass is 79.9. The predicted molar refractivity (Wildman–Crippen MR) is 135 cm³/mol. The lowest BCUT2D eigenvalue weighted by Crippen LogP contribution is -2.54. The molecule has 8 nitrogen and oxygen atoms in total. The van der Waals surface area contributed by atoms with Crippen LogP contribution in [0.1, 0.15) is 57.4 Å². The van der Waals surface area contributed by atoms with Crippen molar-refractivity contribution in [2.75, 3.05) is 23.7 Å². The monoisotopic (exact) mass is 536 g/mol. The number of piperidine rings is 1. The number of halogens is 2. The quantitative estimate of drug-likeness (QED) is 0.468. The first-order valence-electron chi connectivity index (χ1n) is 10.7. The molecule has 33 heavy (non-hydrogen) atoms.